The van der Waals surface area contributed by atoms with Crippen molar-refractivity contribution >= 4 is 14.7 Å². The maximum absolute atomic E-state index is 3.74. The fourth-order valence-corrected chi connectivity index (χ4v) is 2.38. The molecule has 0 bridgehead atoms. The zero-order valence-electron chi connectivity index (χ0n) is 8.00. The van der Waals surface area contributed by atoms with Gasteiger partial charge in [0.15, 0.2) is 0 Å². The lowest BCUT2D eigenvalue weighted by molar-refractivity contribution is 1.28. The molecule has 0 aromatic heterocycles. The molecule has 0 saturated carbocycles. The van der Waals surface area contributed by atoms with Gasteiger partial charge in [-0.1, -0.05) is 41.6 Å². The first-order valence-corrected chi connectivity index (χ1v) is 6.37. The van der Waals surface area contributed by atoms with Gasteiger partial charge in [0.25, 0.3) is 0 Å². The van der Waals surface area contributed by atoms with Gasteiger partial charge in [-0.2, -0.15) is 0 Å². The topological polar surface area (TPSA) is 0 Å². The van der Waals surface area contributed by atoms with Crippen LogP contribution in [0.15, 0.2) is 49.6 Å². The largest absolute Gasteiger partial charge is 0.103 e. The van der Waals surface area contributed by atoms with Crippen molar-refractivity contribution in [3.8, 4) is 0 Å². The number of rotatable bonds is 5. The molecule has 0 unspecified atom stereocenters. The van der Waals surface area contributed by atoms with Crippen LogP contribution in [-0.4, -0.2) is 9.52 Å². The summed E-state index contributed by atoms with van der Waals surface area (Å²) in [5.41, 5.74) is 1.35. The van der Waals surface area contributed by atoms with Crippen LogP contribution in [0.25, 0.3) is 0 Å². The first kappa shape index (κ1) is 10.0. The molecular formula is C12H16Si. The van der Waals surface area contributed by atoms with Crippen molar-refractivity contribution in [3.63, 3.8) is 0 Å². The molecule has 0 heterocycles. The van der Waals surface area contributed by atoms with Gasteiger partial charge in [-0.15, -0.1) is 13.2 Å². The Morgan fingerprint density at radius 3 is 2.31 bits per heavy atom. The van der Waals surface area contributed by atoms with Crippen molar-refractivity contribution in [1.82, 2.24) is 0 Å². The van der Waals surface area contributed by atoms with Gasteiger partial charge in [0.1, 0.15) is 0 Å². The average molecular weight is 188 g/mol. The molecule has 0 fully saturated rings. The zero-order chi connectivity index (χ0) is 9.52. The van der Waals surface area contributed by atoms with E-state index < -0.39 is 0 Å². The van der Waals surface area contributed by atoms with E-state index >= 15 is 0 Å². The minimum Gasteiger partial charge on any atom is -0.103 e. The molecule has 13 heavy (non-hydrogen) atoms. The van der Waals surface area contributed by atoms with Crippen molar-refractivity contribution < 1.29 is 0 Å². The molecule has 1 heteroatoms. The summed E-state index contributed by atoms with van der Waals surface area (Å²) in [5, 5.41) is 1.52. The lowest BCUT2D eigenvalue weighted by Crippen LogP contribution is -2.12. The fourth-order valence-electron chi connectivity index (χ4n) is 1.28. The SMILES string of the molecule is C=CC[SiH2]c1ccc(CC=C)cc1. The van der Waals surface area contributed by atoms with Gasteiger partial charge in [-0.3, -0.25) is 0 Å². The van der Waals surface area contributed by atoms with Crippen LogP contribution in [0.4, 0.5) is 0 Å². The Morgan fingerprint density at radius 2 is 1.77 bits per heavy atom. The van der Waals surface area contributed by atoms with Crippen molar-refractivity contribution in [2.45, 2.75) is 12.5 Å². The molecule has 0 radical (unpaired) electrons. The number of hydrogen-bond acceptors (Lipinski definition) is 0. The highest BCUT2D eigenvalue weighted by atomic mass is 28.2. The van der Waals surface area contributed by atoms with E-state index in [1.54, 1.807) is 0 Å². The maximum Gasteiger partial charge on any atom is 0.0584 e. The Kier molecular flexibility index (Phi) is 4.26. The molecule has 1 aromatic carbocycles. The quantitative estimate of drug-likeness (QED) is 0.488. The number of hydrogen-bond donors (Lipinski definition) is 0. The summed E-state index contributed by atoms with van der Waals surface area (Å²) in [6.45, 7) is 7.47. The summed E-state index contributed by atoms with van der Waals surface area (Å²) in [7, 11) is -0.0852. The van der Waals surface area contributed by atoms with Crippen LogP contribution >= 0.6 is 0 Å². The van der Waals surface area contributed by atoms with Crippen LogP contribution in [0.2, 0.25) is 6.04 Å². The van der Waals surface area contributed by atoms with Crippen molar-refractivity contribution in [1.29, 1.82) is 0 Å². The molecule has 0 aliphatic carbocycles. The summed E-state index contributed by atoms with van der Waals surface area (Å²) >= 11 is 0. The third kappa shape index (κ3) is 3.43. The summed E-state index contributed by atoms with van der Waals surface area (Å²) in [6.07, 6.45) is 4.93. The smallest absolute Gasteiger partial charge is 0.0584 e. The highest BCUT2D eigenvalue weighted by Crippen LogP contribution is 1.98. The maximum atomic E-state index is 3.74. The van der Waals surface area contributed by atoms with Gasteiger partial charge in [-0.25, -0.2) is 0 Å². The Morgan fingerprint density at radius 1 is 1.08 bits per heavy atom. The minimum absolute atomic E-state index is 0.0852. The zero-order valence-corrected chi connectivity index (χ0v) is 9.41. The molecule has 1 aromatic rings. The van der Waals surface area contributed by atoms with Crippen LogP contribution in [-0.2, 0) is 6.42 Å². The molecule has 68 valence electrons. The van der Waals surface area contributed by atoms with Gasteiger partial charge in [0.05, 0.1) is 9.52 Å². The summed E-state index contributed by atoms with van der Waals surface area (Å²) in [4.78, 5) is 0. The van der Waals surface area contributed by atoms with Crippen molar-refractivity contribution in [2.75, 3.05) is 0 Å². The molecule has 0 amide bonds. The first-order chi connectivity index (χ1) is 6.36. The van der Waals surface area contributed by atoms with Gasteiger partial charge >= 0.3 is 0 Å². The van der Waals surface area contributed by atoms with E-state index in [4.69, 9.17) is 0 Å². The van der Waals surface area contributed by atoms with E-state index in [2.05, 4.69) is 37.4 Å². The van der Waals surface area contributed by atoms with Crippen LogP contribution in [0.5, 0.6) is 0 Å². The Hall–Kier alpha value is -1.08. The summed E-state index contributed by atoms with van der Waals surface area (Å²) in [6, 6.07) is 10.1. The van der Waals surface area contributed by atoms with Crippen LogP contribution in [0.1, 0.15) is 5.56 Å². The fraction of sp³-hybridized carbons (Fsp3) is 0.167. The molecule has 0 spiro atoms. The third-order valence-electron chi connectivity index (χ3n) is 2.04. The molecule has 0 N–H and O–H groups in total. The van der Waals surface area contributed by atoms with E-state index in [0.29, 0.717) is 0 Å². The number of allylic oxidation sites excluding steroid dienone is 2. The lowest BCUT2D eigenvalue weighted by Gasteiger charge is -1.99. The van der Waals surface area contributed by atoms with Gasteiger partial charge in [0.2, 0.25) is 0 Å². The van der Waals surface area contributed by atoms with E-state index in [1.165, 1.54) is 16.8 Å². The van der Waals surface area contributed by atoms with Gasteiger partial charge in [-0.05, 0) is 18.0 Å². The third-order valence-corrected chi connectivity index (χ3v) is 3.79. The lowest BCUT2D eigenvalue weighted by atomic mass is 10.2. The molecule has 1 rings (SSSR count). The standard InChI is InChI=1S/C12H16Si/c1-3-5-11-6-8-12(9-7-11)13-10-4-2/h3-4,6-9H,1-2,5,10,13H2. The Labute approximate surface area is 82.8 Å². The van der Waals surface area contributed by atoms with Crippen molar-refractivity contribution in [2.24, 2.45) is 0 Å². The predicted octanol–water partition coefficient (Wildman–Crippen LogP) is 1.81. The van der Waals surface area contributed by atoms with E-state index in [9.17, 15) is 0 Å². The second-order valence-electron chi connectivity index (χ2n) is 3.14. The van der Waals surface area contributed by atoms with Crippen LogP contribution in [0, 0.1) is 0 Å². The molecule has 0 saturated heterocycles. The molecule has 0 atom stereocenters. The van der Waals surface area contributed by atoms with E-state index in [-0.39, 0.29) is 9.52 Å². The normalized spacial score (nSPS) is 10.5. The molecule has 0 aliphatic heterocycles. The highest BCUT2D eigenvalue weighted by molar-refractivity contribution is 6.53. The first-order valence-electron chi connectivity index (χ1n) is 4.66. The highest BCUT2D eigenvalue weighted by Gasteiger charge is 1.92. The summed E-state index contributed by atoms with van der Waals surface area (Å²) in [5.74, 6) is 0. The Bertz CT molecular complexity index is 272. The average Bonchev–Trinajstić information content (AvgIpc) is 2.17. The number of benzene rings is 1. The van der Waals surface area contributed by atoms with Crippen LogP contribution < -0.4 is 5.19 Å². The second kappa shape index (κ2) is 5.54. The molecular weight excluding hydrogens is 172 g/mol. The van der Waals surface area contributed by atoms with Gasteiger partial charge < -0.3 is 0 Å². The van der Waals surface area contributed by atoms with Crippen molar-refractivity contribution in [3.05, 3.63) is 55.1 Å². The molecule has 0 nitrogen and oxygen atoms in total. The Balaban J connectivity index is 2.58. The molecule has 0 aliphatic rings. The van der Waals surface area contributed by atoms with Crippen LogP contribution in [0.3, 0.4) is 0 Å². The van der Waals surface area contributed by atoms with E-state index in [0.717, 1.165) is 6.42 Å². The van der Waals surface area contributed by atoms with E-state index in [1.807, 2.05) is 12.2 Å². The van der Waals surface area contributed by atoms with Gasteiger partial charge in [0, 0.05) is 0 Å². The second-order valence-corrected chi connectivity index (χ2v) is 5.03. The minimum atomic E-state index is -0.0852. The monoisotopic (exact) mass is 188 g/mol. The summed E-state index contributed by atoms with van der Waals surface area (Å²) < 4.78 is 0. The predicted molar refractivity (Wildman–Crippen MR) is 63.5 cm³/mol.